The van der Waals surface area contributed by atoms with Gasteiger partial charge >= 0.3 is 0 Å². The molecule has 5 heteroatoms. The zero-order valence-electron chi connectivity index (χ0n) is 12.4. The number of hydrogen-bond acceptors (Lipinski definition) is 4. The summed E-state index contributed by atoms with van der Waals surface area (Å²) in [6.07, 6.45) is 2.51. The molecule has 1 unspecified atom stereocenters. The third-order valence-corrected chi connectivity index (χ3v) is 3.72. The van der Waals surface area contributed by atoms with Gasteiger partial charge in [0.15, 0.2) is 0 Å². The van der Waals surface area contributed by atoms with Crippen molar-refractivity contribution in [2.24, 2.45) is 0 Å². The molecule has 2 aromatic rings. The Labute approximate surface area is 134 Å². The average Bonchev–Trinajstić information content (AvgIpc) is 3.07. The molecule has 4 nitrogen and oxygen atoms in total. The lowest BCUT2D eigenvalue weighted by Crippen LogP contribution is -2.26. The third-order valence-electron chi connectivity index (χ3n) is 3.02. The maximum Gasteiger partial charge on any atom is 0.244 e. The van der Waals surface area contributed by atoms with Crippen LogP contribution in [-0.4, -0.2) is 24.2 Å². The van der Waals surface area contributed by atoms with Gasteiger partial charge in [-0.15, -0.1) is 0 Å². The molecule has 0 bridgehead atoms. The molecule has 0 aliphatic heterocycles. The fourth-order valence-corrected chi connectivity index (χ4v) is 2.56. The maximum absolute atomic E-state index is 11.7. The summed E-state index contributed by atoms with van der Waals surface area (Å²) in [4.78, 5) is 11.7. The lowest BCUT2D eigenvalue weighted by atomic mass is 10.2. The van der Waals surface area contributed by atoms with Crippen LogP contribution in [0.3, 0.4) is 0 Å². The summed E-state index contributed by atoms with van der Waals surface area (Å²) < 4.78 is 5.36. The van der Waals surface area contributed by atoms with Crippen molar-refractivity contribution in [3.05, 3.63) is 58.3 Å². The first-order valence-corrected chi connectivity index (χ1v) is 8.02. The van der Waals surface area contributed by atoms with Crippen LogP contribution in [0, 0.1) is 0 Å². The second-order valence-corrected chi connectivity index (χ2v) is 5.43. The Balaban J connectivity index is 1.80. The molecule has 0 saturated carbocycles. The lowest BCUT2D eigenvalue weighted by Gasteiger charge is -2.08. The number of aliphatic hydroxyl groups excluding tert-OH is 1. The summed E-state index contributed by atoms with van der Waals surface area (Å²) in [7, 11) is 0. The Morgan fingerprint density at radius 2 is 2.14 bits per heavy atom. The van der Waals surface area contributed by atoms with E-state index in [0.29, 0.717) is 6.61 Å². The monoisotopic (exact) mass is 317 g/mol. The van der Waals surface area contributed by atoms with E-state index in [1.807, 2.05) is 48.0 Å². The number of rotatable bonds is 7. The molecule has 0 saturated heterocycles. The minimum Gasteiger partial charge on any atom is -0.494 e. The Hall–Kier alpha value is -2.11. The van der Waals surface area contributed by atoms with Gasteiger partial charge in [0.25, 0.3) is 0 Å². The van der Waals surface area contributed by atoms with E-state index in [-0.39, 0.29) is 12.5 Å². The zero-order valence-corrected chi connectivity index (χ0v) is 13.2. The summed E-state index contributed by atoms with van der Waals surface area (Å²) in [6, 6.07) is 9.34. The largest absolute Gasteiger partial charge is 0.494 e. The molecule has 0 spiro atoms. The minimum absolute atomic E-state index is 0.198. The van der Waals surface area contributed by atoms with Gasteiger partial charge in [-0.2, -0.15) is 11.3 Å². The van der Waals surface area contributed by atoms with Crippen molar-refractivity contribution >= 4 is 23.3 Å². The topological polar surface area (TPSA) is 58.6 Å². The average molecular weight is 317 g/mol. The van der Waals surface area contributed by atoms with Crippen LogP contribution >= 0.6 is 11.3 Å². The molecular formula is C17H19NO3S. The van der Waals surface area contributed by atoms with E-state index in [1.165, 1.54) is 17.4 Å². The van der Waals surface area contributed by atoms with Crippen molar-refractivity contribution in [2.45, 2.75) is 13.0 Å². The van der Waals surface area contributed by atoms with Crippen LogP contribution in [0.2, 0.25) is 0 Å². The molecule has 1 aromatic carbocycles. The molecule has 1 atom stereocenters. The molecule has 0 radical (unpaired) electrons. The van der Waals surface area contributed by atoms with E-state index in [1.54, 1.807) is 6.08 Å². The van der Waals surface area contributed by atoms with E-state index in [0.717, 1.165) is 16.9 Å². The second-order valence-electron chi connectivity index (χ2n) is 4.65. The van der Waals surface area contributed by atoms with E-state index in [4.69, 9.17) is 4.74 Å². The molecule has 1 heterocycles. The number of amides is 1. The number of ether oxygens (including phenoxy) is 1. The summed E-state index contributed by atoms with van der Waals surface area (Å²) in [6.45, 7) is 2.76. The molecule has 1 aromatic heterocycles. The van der Waals surface area contributed by atoms with E-state index < -0.39 is 6.10 Å². The highest BCUT2D eigenvalue weighted by atomic mass is 32.1. The van der Waals surface area contributed by atoms with E-state index in [9.17, 15) is 9.90 Å². The molecule has 2 rings (SSSR count). The van der Waals surface area contributed by atoms with Gasteiger partial charge in [-0.05, 0) is 53.1 Å². The first kappa shape index (κ1) is 16.3. The standard InChI is InChI=1S/C17H19NO3S/c1-2-21-15-6-3-13(4-7-15)5-8-17(20)18-11-16(19)14-9-10-22-12-14/h3-10,12,16,19H,2,11H2,1H3,(H,18,20)/b8-5+. The van der Waals surface area contributed by atoms with Crippen LogP contribution in [0.4, 0.5) is 0 Å². The predicted octanol–water partition coefficient (Wildman–Crippen LogP) is 3.01. The third kappa shape index (κ3) is 5.02. The fraction of sp³-hybridized carbons (Fsp3) is 0.235. The van der Waals surface area contributed by atoms with Crippen molar-refractivity contribution < 1.29 is 14.6 Å². The van der Waals surface area contributed by atoms with E-state index >= 15 is 0 Å². The van der Waals surface area contributed by atoms with Crippen molar-refractivity contribution in [3.8, 4) is 5.75 Å². The molecular weight excluding hydrogens is 298 g/mol. The van der Waals surface area contributed by atoms with E-state index in [2.05, 4.69) is 5.32 Å². The molecule has 1 amide bonds. The molecule has 116 valence electrons. The lowest BCUT2D eigenvalue weighted by molar-refractivity contribution is -0.116. The number of aliphatic hydroxyl groups is 1. The van der Waals surface area contributed by atoms with Crippen molar-refractivity contribution in [2.75, 3.05) is 13.2 Å². The Morgan fingerprint density at radius 3 is 2.77 bits per heavy atom. The molecule has 0 aliphatic rings. The van der Waals surface area contributed by atoms with Gasteiger partial charge in [0, 0.05) is 12.6 Å². The molecule has 22 heavy (non-hydrogen) atoms. The van der Waals surface area contributed by atoms with Gasteiger partial charge in [-0.3, -0.25) is 4.79 Å². The van der Waals surface area contributed by atoms with Gasteiger partial charge in [-0.25, -0.2) is 0 Å². The molecule has 2 N–H and O–H groups in total. The van der Waals surface area contributed by atoms with Crippen LogP contribution in [0.5, 0.6) is 5.75 Å². The van der Waals surface area contributed by atoms with Gasteiger partial charge in [-0.1, -0.05) is 12.1 Å². The maximum atomic E-state index is 11.7. The van der Waals surface area contributed by atoms with Gasteiger partial charge < -0.3 is 15.2 Å². The predicted molar refractivity (Wildman–Crippen MR) is 88.9 cm³/mol. The number of benzene rings is 1. The van der Waals surface area contributed by atoms with Crippen LogP contribution in [0.1, 0.15) is 24.2 Å². The zero-order chi connectivity index (χ0) is 15.8. The van der Waals surface area contributed by atoms with Crippen molar-refractivity contribution in [1.82, 2.24) is 5.32 Å². The smallest absolute Gasteiger partial charge is 0.244 e. The number of thiophene rings is 1. The van der Waals surface area contributed by atoms with Crippen molar-refractivity contribution in [3.63, 3.8) is 0 Å². The van der Waals surface area contributed by atoms with Gasteiger partial charge in [0.1, 0.15) is 5.75 Å². The highest BCUT2D eigenvalue weighted by Gasteiger charge is 2.08. The van der Waals surface area contributed by atoms with Crippen LogP contribution in [-0.2, 0) is 4.79 Å². The summed E-state index contributed by atoms with van der Waals surface area (Å²) in [5.41, 5.74) is 1.73. The number of carbonyl (C=O) groups is 1. The Morgan fingerprint density at radius 1 is 1.36 bits per heavy atom. The van der Waals surface area contributed by atoms with Crippen LogP contribution in [0.25, 0.3) is 6.08 Å². The van der Waals surface area contributed by atoms with Gasteiger partial charge in [0.05, 0.1) is 12.7 Å². The quantitative estimate of drug-likeness (QED) is 0.772. The highest BCUT2D eigenvalue weighted by Crippen LogP contribution is 2.15. The minimum atomic E-state index is -0.672. The van der Waals surface area contributed by atoms with Crippen LogP contribution in [0.15, 0.2) is 47.2 Å². The SMILES string of the molecule is CCOc1ccc(/C=C/C(=O)NCC(O)c2ccsc2)cc1. The normalized spacial score (nSPS) is 12.3. The Kier molecular flexibility index (Phi) is 6.18. The number of hydrogen-bond donors (Lipinski definition) is 2. The Bertz CT molecular complexity index is 605. The molecule has 0 fully saturated rings. The molecule has 0 aliphatic carbocycles. The fourth-order valence-electron chi connectivity index (χ4n) is 1.85. The first-order chi connectivity index (χ1) is 10.7. The van der Waals surface area contributed by atoms with Gasteiger partial charge in [0.2, 0.25) is 5.91 Å². The highest BCUT2D eigenvalue weighted by molar-refractivity contribution is 7.07. The number of carbonyl (C=O) groups excluding carboxylic acids is 1. The first-order valence-electron chi connectivity index (χ1n) is 7.08. The summed E-state index contributed by atoms with van der Waals surface area (Å²) in [5, 5.41) is 16.3. The van der Waals surface area contributed by atoms with Crippen molar-refractivity contribution in [1.29, 1.82) is 0 Å². The second kappa shape index (κ2) is 8.36. The van der Waals surface area contributed by atoms with Crippen LogP contribution < -0.4 is 10.1 Å². The number of nitrogens with one attached hydrogen (secondary N) is 1. The summed E-state index contributed by atoms with van der Waals surface area (Å²) in [5.74, 6) is 0.575. The summed E-state index contributed by atoms with van der Waals surface area (Å²) >= 11 is 1.52.